The zero-order chi connectivity index (χ0) is 36.7. The molecule has 0 aliphatic carbocycles. The Balaban J connectivity index is 0.982. The fraction of sp³-hybridized carbons (Fsp3) is 0.0196. The van der Waals surface area contributed by atoms with E-state index in [0.29, 0.717) is 5.84 Å². The highest BCUT2D eigenvalue weighted by Gasteiger charge is 2.23. The monoisotopic (exact) mass is 716 g/mol. The highest BCUT2D eigenvalue weighted by Crippen LogP contribution is 2.39. The minimum absolute atomic E-state index is 0.328. The van der Waals surface area contributed by atoms with Crippen molar-refractivity contribution in [1.82, 2.24) is 9.88 Å². The molecule has 1 atom stereocenters. The first kappa shape index (κ1) is 30.9. The molecule has 0 amide bonds. The van der Waals surface area contributed by atoms with Crippen LogP contribution in [0.5, 0.6) is 0 Å². The summed E-state index contributed by atoms with van der Waals surface area (Å²) >= 11 is 0. The number of furan rings is 1. The van der Waals surface area contributed by atoms with Crippen LogP contribution in [0.1, 0.15) is 22.9 Å². The van der Waals surface area contributed by atoms with Gasteiger partial charge in [-0.2, -0.15) is 0 Å². The summed E-state index contributed by atoms with van der Waals surface area (Å²) in [5.74, 6) is 1.44. The van der Waals surface area contributed by atoms with Gasteiger partial charge in [-0.05, 0) is 92.5 Å². The SMILES string of the molecule is c1ccc2cc(C3=NC(c4ccc5ccccc5c4)NC(c4ccc5c(c4)oc4ccc(-n6c7ccccc7c7c8ccccc8ccc76)cc45)=N3)ccc2c1. The molecular weight excluding hydrogens is 685 g/mol. The molecule has 1 N–H and O–H groups in total. The lowest BCUT2D eigenvalue weighted by Gasteiger charge is -2.24. The van der Waals surface area contributed by atoms with E-state index in [9.17, 15) is 0 Å². The van der Waals surface area contributed by atoms with E-state index in [1.807, 2.05) is 0 Å². The average Bonchev–Trinajstić information content (AvgIpc) is 3.81. The minimum Gasteiger partial charge on any atom is -0.456 e. The number of nitrogens with one attached hydrogen (secondary N) is 1. The maximum absolute atomic E-state index is 6.59. The van der Waals surface area contributed by atoms with Crippen LogP contribution in [0.4, 0.5) is 0 Å². The molecule has 9 aromatic carbocycles. The van der Waals surface area contributed by atoms with E-state index in [2.05, 4.69) is 192 Å². The predicted octanol–water partition coefficient (Wildman–Crippen LogP) is 12.6. The van der Waals surface area contributed by atoms with E-state index in [-0.39, 0.29) is 6.17 Å². The molecular formula is C51H32N4O. The van der Waals surface area contributed by atoms with Crippen LogP contribution in [0.25, 0.3) is 81.7 Å². The first-order valence-corrected chi connectivity index (χ1v) is 19.0. The van der Waals surface area contributed by atoms with Crippen molar-refractivity contribution in [3.05, 3.63) is 199 Å². The van der Waals surface area contributed by atoms with Crippen molar-refractivity contribution in [3.8, 4) is 5.69 Å². The van der Waals surface area contributed by atoms with Crippen molar-refractivity contribution in [3.63, 3.8) is 0 Å². The third-order valence-corrected chi connectivity index (χ3v) is 11.4. The molecule has 1 aliphatic rings. The van der Waals surface area contributed by atoms with Crippen molar-refractivity contribution in [2.45, 2.75) is 6.17 Å². The lowest BCUT2D eigenvalue weighted by Crippen LogP contribution is -2.33. The molecule has 0 spiro atoms. The standard InChI is InChI=1S/C51H32N4O/c1-3-12-34-27-36(19-17-31(34)9-1)49-52-50(37-20-18-32-10-2-4-13-35(32)28-37)54-51(53-49)38-21-24-41-43-30-39(23-26-46(43)56-47(41)29-38)55-44-16-8-7-15-42(44)48-40-14-6-5-11-33(40)22-25-45(48)55/h1-30,49H,(H,52,53,54). The Hall–Kier alpha value is -7.50. The van der Waals surface area contributed by atoms with E-state index in [4.69, 9.17) is 14.4 Å². The average molecular weight is 717 g/mol. The highest BCUT2D eigenvalue weighted by molar-refractivity contribution is 6.21. The molecule has 1 unspecified atom stereocenters. The van der Waals surface area contributed by atoms with Gasteiger partial charge in [-0.25, -0.2) is 9.98 Å². The second-order valence-electron chi connectivity index (χ2n) is 14.7. The number of benzene rings is 9. The predicted molar refractivity (Wildman–Crippen MR) is 232 cm³/mol. The van der Waals surface area contributed by atoms with Gasteiger partial charge in [-0.3, -0.25) is 0 Å². The third kappa shape index (κ3) is 4.81. The van der Waals surface area contributed by atoms with Gasteiger partial charge in [0.05, 0.1) is 11.0 Å². The zero-order valence-corrected chi connectivity index (χ0v) is 30.1. The molecule has 12 rings (SSSR count). The first-order valence-electron chi connectivity index (χ1n) is 19.0. The second-order valence-corrected chi connectivity index (χ2v) is 14.7. The maximum Gasteiger partial charge on any atom is 0.159 e. The van der Waals surface area contributed by atoms with Crippen LogP contribution in [-0.4, -0.2) is 16.2 Å². The van der Waals surface area contributed by atoms with E-state index in [0.717, 1.165) is 55.5 Å². The van der Waals surface area contributed by atoms with Crippen LogP contribution in [0, 0.1) is 0 Å². The molecule has 0 radical (unpaired) electrons. The fourth-order valence-electron chi connectivity index (χ4n) is 8.67. The molecule has 3 heterocycles. The molecule has 11 aromatic rings. The number of aliphatic imine (C=N–C) groups is 2. The lowest BCUT2D eigenvalue weighted by molar-refractivity contribution is 0.666. The van der Waals surface area contributed by atoms with Crippen LogP contribution < -0.4 is 5.32 Å². The van der Waals surface area contributed by atoms with Crippen molar-refractivity contribution >= 4 is 87.7 Å². The van der Waals surface area contributed by atoms with E-state index in [1.165, 1.54) is 48.7 Å². The van der Waals surface area contributed by atoms with Gasteiger partial charge in [0.1, 0.15) is 23.2 Å². The number of amidine groups is 2. The lowest BCUT2D eigenvalue weighted by atomic mass is 10.0. The number of para-hydroxylation sites is 1. The summed E-state index contributed by atoms with van der Waals surface area (Å²) in [6.07, 6.45) is -0.328. The molecule has 5 heteroatoms. The third-order valence-electron chi connectivity index (χ3n) is 11.4. The number of hydrogen-bond donors (Lipinski definition) is 1. The Labute approximate surface area is 321 Å². The van der Waals surface area contributed by atoms with Crippen LogP contribution in [0.3, 0.4) is 0 Å². The van der Waals surface area contributed by atoms with E-state index in [1.54, 1.807) is 0 Å². The molecule has 0 saturated heterocycles. The number of aromatic nitrogens is 1. The van der Waals surface area contributed by atoms with Gasteiger partial charge in [0, 0.05) is 38.4 Å². The molecule has 1 aliphatic heterocycles. The number of rotatable bonds is 4. The molecule has 0 fully saturated rings. The molecule has 56 heavy (non-hydrogen) atoms. The molecule has 0 saturated carbocycles. The van der Waals surface area contributed by atoms with E-state index < -0.39 is 0 Å². The first-order chi connectivity index (χ1) is 27.7. The van der Waals surface area contributed by atoms with Gasteiger partial charge in [-0.15, -0.1) is 0 Å². The van der Waals surface area contributed by atoms with Gasteiger partial charge < -0.3 is 14.3 Å². The molecule has 0 bridgehead atoms. The van der Waals surface area contributed by atoms with Crippen LogP contribution >= 0.6 is 0 Å². The molecule has 262 valence electrons. The van der Waals surface area contributed by atoms with E-state index >= 15 is 0 Å². The summed E-state index contributed by atoms with van der Waals surface area (Å²) < 4.78 is 8.97. The van der Waals surface area contributed by atoms with Crippen molar-refractivity contribution < 1.29 is 4.42 Å². The van der Waals surface area contributed by atoms with Crippen LogP contribution in [0.15, 0.2) is 196 Å². The normalized spacial score (nSPS) is 14.6. The zero-order valence-electron chi connectivity index (χ0n) is 30.1. The van der Waals surface area contributed by atoms with Crippen molar-refractivity contribution in [1.29, 1.82) is 0 Å². The van der Waals surface area contributed by atoms with Gasteiger partial charge in [-0.1, -0.05) is 127 Å². The Morgan fingerprint density at radius 1 is 0.464 bits per heavy atom. The minimum atomic E-state index is -0.328. The van der Waals surface area contributed by atoms with Crippen LogP contribution in [0.2, 0.25) is 0 Å². The van der Waals surface area contributed by atoms with Gasteiger partial charge in [0.25, 0.3) is 0 Å². The van der Waals surface area contributed by atoms with Gasteiger partial charge in [0.2, 0.25) is 0 Å². The summed E-state index contributed by atoms with van der Waals surface area (Å²) in [4.78, 5) is 10.4. The number of nitrogens with zero attached hydrogens (tertiary/aromatic N) is 3. The summed E-state index contributed by atoms with van der Waals surface area (Å²) in [5.41, 5.74) is 8.10. The van der Waals surface area contributed by atoms with Crippen molar-refractivity contribution in [2.75, 3.05) is 0 Å². The smallest absolute Gasteiger partial charge is 0.159 e. The Bertz CT molecular complexity index is 3480. The fourth-order valence-corrected chi connectivity index (χ4v) is 8.67. The summed E-state index contributed by atoms with van der Waals surface area (Å²) in [7, 11) is 0. The topological polar surface area (TPSA) is 54.8 Å². The maximum atomic E-state index is 6.59. The van der Waals surface area contributed by atoms with Crippen molar-refractivity contribution in [2.24, 2.45) is 9.98 Å². The summed E-state index contributed by atoms with van der Waals surface area (Å²) in [6, 6.07) is 64.6. The van der Waals surface area contributed by atoms with Gasteiger partial charge in [0.15, 0.2) is 5.84 Å². The number of fused-ring (bicyclic) bond motifs is 10. The quantitative estimate of drug-likeness (QED) is 0.197. The number of hydrogen-bond acceptors (Lipinski definition) is 4. The Morgan fingerprint density at radius 2 is 1.16 bits per heavy atom. The largest absolute Gasteiger partial charge is 0.456 e. The second kappa shape index (κ2) is 12.0. The summed E-state index contributed by atoms with van der Waals surface area (Å²) in [6.45, 7) is 0. The Kier molecular flexibility index (Phi) is 6.63. The molecule has 2 aromatic heterocycles. The Morgan fingerprint density at radius 3 is 2.02 bits per heavy atom. The van der Waals surface area contributed by atoms with Crippen LogP contribution in [-0.2, 0) is 0 Å². The molecule has 5 nitrogen and oxygen atoms in total. The van der Waals surface area contributed by atoms with Gasteiger partial charge >= 0.3 is 0 Å². The highest BCUT2D eigenvalue weighted by atomic mass is 16.3. The summed E-state index contributed by atoms with van der Waals surface area (Å²) in [5, 5.41) is 15.5.